The Balaban J connectivity index is 1.55. The molecular formula is C13H18N4O2. The van der Waals surface area contributed by atoms with Crippen molar-refractivity contribution in [2.75, 3.05) is 0 Å². The minimum atomic E-state index is -0.872. The highest BCUT2D eigenvalue weighted by Gasteiger charge is 2.40. The highest BCUT2D eigenvalue weighted by molar-refractivity contribution is 5.94. The molecule has 2 heterocycles. The molecule has 1 amide bonds. The number of carbonyl (C=O) groups excluding carboxylic acids is 1. The zero-order chi connectivity index (χ0) is 13.5. The van der Waals surface area contributed by atoms with E-state index in [0.717, 1.165) is 17.1 Å². The standard InChI is InChI=1S/C13H18N4O2/c1-8-6-13(2,19-17-8)12(18)14-7-10-5-11(16-15-10)9-3-4-9/h5,9H,3-4,6-7H2,1-2H3,(H,14,18)(H,15,16)/t13-/m1/s1. The Kier molecular flexibility index (Phi) is 2.80. The van der Waals surface area contributed by atoms with Gasteiger partial charge in [0.15, 0.2) is 0 Å². The Morgan fingerprint density at radius 2 is 2.42 bits per heavy atom. The average Bonchev–Trinajstić information content (AvgIpc) is 3.02. The fraction of sp³-hybridized carbons (Fsp3) is 0.615. The Hall–Kier alpha value is -1.85. The summed E-state index contributed by atoms with van der Waals surface area (Å²) in [6, 6.07) is 2.03. The first-order valence-corrected chi connectivity index (χ1v) is 6.61. The maximum atomic E-state index is 12.1. The van der Waals surface area contributed by atoms with Crippen LogP contribution >= 0.6 is 0 Å². The number of amides is 1. The maximum Gasteiger partial charge on any atom is 0.267 e. The van der Waals surface area contributed by atoms with Gasteiger partial charge in [0.05, 0.1) is 23.6 Å². The van der Waals surface area contributed by atoms with Crippen molar-refractivity contribution in [2.24, 2.45) is 5.16 Å². The predicted molar refractivity (Wildman–Crippen MR) is 69.6 cm³/mol. The number of aromatic amines is 1. The molecular weight excluding hydrogens is 244 g/mol. The highest BCUT2D eigenvalue weighted by atomic mass is 16.7. The maximum absolute atomic E-state index is 12.1. The van der Waals surface area contributed by atoms with Crippen LogP contribution < -0.4 is 5.32 Å². The fourth-order valence-electron chi connectivity index (χ4n) is 2.27. The van der Waals surface area contributed by atoms with Crippen LogP contribution in [0, 0.1) is 0 Å². The summed E-state index contributed by atoms with van der Waals surface area (Å²) in [5, 5.41) is 13.9. The molecule has 3 rings (SSSR count). The van der Waals surface area contributed by atoms with Gasteiger partial charge in [-0.05, 0) is 32.8 Å². The molecule has 102 valence electrons. The lowest BCUT2D eigenvalue weighted by molar-refractivity contribution is -0.141. The number of hydrogen-bond donors (Lipinski definition) is 2. The van der Waals surface area contributed by atoms with Crippen LogP contribution in [0.25, 0.3) is 0 Å². The van der Waals surface area contributed by atoms with Crippen molar-refractivity contribution in [3.05, 3.63) is 17.5 Å². The summed E-state index contributed by atoms with van der Waals surface area (Å²) in [6.07, 6.45) is 2.98. The van der Waals surface area contributed by atoms with E-state index in [1.54, 1.807) is 6.92 Å². The first-order chi connectivity index (χ1) is 9.07. The van der Waals surface area contributed by atoms with Crippen molar-refractivity contribution in [1.29, 1.82) is 0 Å². The van der Waals surface area contributed by atoms with Gasteiger partial charge in [-0.25, -0.2) is 0 Å². The number of nitrogens with zero attached hydrogens (tertiary/aromatic N) is 2. The molecule has 0 aromatic carbocycles. The molecule has 1 aliphatic heterocycles. The number of H-pyrrole nitrogens is 1. The van der Waals surface area contributed by atoms with Crippen LogP contribution in [0.3, 0.4) is 0 Å². The van der Waals surface area contributed by atoms with Gasteiger partial charge in [0.1, 0.15) is 0 Å². The van der Waals surface area contributed by atoms with E-state index in [1.807, 2.05) is 13.0 Å². The van der Waals surface area contributed by atoms with Crippen LogP contribution in [0.5, 0.6) is 0 Å². The van der Waals surface area contributed by atoms with E-state index >= 15 is 0 Å². The van der Waals surface area contributed by atoms with E-state index in [-0.39, 0.29) is 5.91 Å². The Morgan fingerprint density at radius 3 is 3.05 bits per heavy atom. The topological polar surface area (TPSA) is 79.4 Å². The molecule has 1 fully saturated rings. The van der Waals surface area contributed by atoms with E-state index in [1.165, 1.54) is 12.8 Å². The highest BCUT2D eigenvalue weighted by Crippen LogP contribution is 2.38. The van der Waals surface area contributed by atoms with Gasteiger partial charge in [-0.15, -0.1) is 0 Å². The second-order valence-corrected chi connectivity index (χ2v) is 5.60. The molecule has 19 heavy (non-hydrogen) atoms. The van der Waals surface area contributed by atoms with Crippen molar-refractivity contribution in [1.82, 2.24) is 15.5 Å². The molecule has 0 radical (unpaired) electrons. The number of carbonyl (C=O) groups is 1. The monoisotopic (exact) mass is 262 g/mol. The number of aromatic nitrogens is 2. The molecule has 6 nitrogen and oxygen atoms in total. The zero-order valence-electron chi connectivity index (χ0n) is 11.2. The lowest BCUT2D eigenvalue weighted by Crippen LogP contribution is -2.44. The summed E-state index contributed by atoms with van der Waals surface area (Å²) < 4.78 is 0. The third kappa shape index (κ3) is 2.47. The molecule has 0 spiro atoms. The van der Waals surface area contributed by atoms with E-state index in [9.17, 15) is 4.79 Å². The van der Waals surface area contributed by atoms with E-state index in [2.05, 4.69) is 20.7 Å². The molecule has 1 aromatic heterocycles. The van der Waals surface area contributed by atoms with Crippen molar-refractivity contribution in [2.45, 2.75) is 51.2 Å². The summed E-state index contributed by atoms with van der Waals surface area (Å²) in [7, 11) is 0. The second-order valence-electron chi connectivity index (χ2n) is 5.60. The van der Waals surface area contributed by atoms with Crippen LogP contribution in [-0.2, 0) is 16.2 Å². The summed E-state index contributed by atoms with van der Waals surface area (Å²) in [6.45, 7) is 4.05. The lowest BCUT2D eigenvalue weighted by atomic mass is 9.99. The molecule has 2 aliphatic rings. The minimum Gasteiger partial charge on any atom is -0.379 e. The molecule has 0 unspecified atom stereocenters. The van der Waals surface area contributed by atoms with Crippen LogP contribution in [0.1, 0.15) is 50.4 Å². The van der Waals surface area contributed by atoms with Gasteiger partial charge in [-0.1, -0.05) is 5.16 Å². The molecule has 2 N–H and O–H groups in total. The molecule has 0 bridgehead atoms. The molecule has 1 saturated carbocycles. The van der Waals surface area contributed by atoms with Gasteiger partial charge < -0.3 is 10.2 Å². The quantitative estimate of drug-likeness (QED) is 0.862. The van der Waals surface area contributed by atoms with Crippen LogP contribution in [-0.4, -0.2) is 27.4 Å². The number of nitrogens with one attached hydrogen (secondary N) is 2. The zero-order valence-corrected chi connectivity index (χ0v) is 11.2. The van der Waals surface area contributed by atoms with E-state index in [4.69, 9.17) is 4.84 Å². The lowest BCUT2D eigenvalue weighted by Gasteiger charge is -2.19. The van der Waals surface area contributed by atoms with Gasteiger partial charge in [-0.3, -0.25) is 9.89 Å². The normalized spacial score (nSPS) is 25.9. The van der Waals surface area contributed by atoms with Gasteiger partial charge in [-0.2, -0.15) is 5.10 Å². The minimum absolute atomic E-state index is 0.143. The van der Waals surface area contributed by atoms with Crippen LogP contribution in [0.2, 0.25) is 0 Å². The summed E-state index contributed by atoms with van der Waals surface area (Å²) in [5.41, 5.74) is 2.00. The summed E-state index contributed by atoms with van der Waals surface area (Å²) in [4.78, 5) is 17.3. The largest absolute Gasteiger partial charge is 0.379 e. The third-order valence-corrected chi connectivity index (χ3v) is 3.56. The smallest absolute Gasteiger partial charge is 0.267 e. The summed E-state index contributed by atoms with van der Waals surface area (Å²) in [5.74, 6) is 0.475. The van der Waals surface area contributed by atoms with Gasteiger partial charge in [0.25, 0.3) is 5.91 Å². The second kappa shape index (κ2) is 4.36. The van der Waals surface area contributed by atoms with E-state index < -0.39 is 5.60 Å². The fourth-order valence-corrected chi connectivity index (χ4v) is 2.27. The van der Waals surface area contributed by atoms with Crippen molar-refractivity contribution >= 4 is 11.6 Å². The Morgan fingerprint density at radius 1 is 1.63 bits per heavy atom. The molecule has 0 saturated heterocycles. The Labute approximate surface area is 111 Å². The average molecular weight is 262 g/mol. The molecule has 1 aliphatic carbocycles. The first-order valence-electron chi connectivity index (χ1n) is 6.61. The number of rotatable bonds is 4. The third-order valence-electron chi connectivity index (χ3n) is 3.56. The van der Waals surface area contributed by atoms with Gasteiger partial charge >= 0.3 is 0 Å². The van der Waals surface area contributed by atoms with Crippen molar-refractivity contribution in [3.8, 4) is 0 Å². The predicted octanol–water partition coefficient (Wildman–Crippen LogP) is 1.46. The van der Waals surface area contributed by atoms with Crippen LogP contribution in [0.15, 0.2) is 11.2 Å². The van der Waals surface area contributed by atoms with Gasteiger partial charge in [0, 0.05) is 12.3 Å². The van der Waals surface area contributed by atoms with Gasteiger partial charge in [0.2, 0.25) is 5.60 Å². The SMILES string of the molecule is CC1=NO[C@@](C)(C(=O)NCc2cc(C3CC3)n[nH]2)C1. The van der Waals surface area contributed by atoms with E-state index in [0.29, 0.717) is 18.9 Å². The number of hydrogen-bond acceptors (Lipinski definition) is 4. The first kappa shape index (κ1) is 12.2. The van der Waals surface area contributed by atoms with Crippen molar-refractivity contribution in [3.63, 3.8) is 0 Å². The Bertz CT molecular complexity index is 533. The van der Waals surface area contributed by atoms with Crippen molar-refractivity contribution < 1.29 is 9.63 Å². The molecule has 6 heteroatoms. The van der Waals surface area contributed by atoms with Crippen LogP contribution in [0.4, 0.5) is 0 Å². The molecule has 1 atom stereocenters. The summed E-state index contributed by atoms with van der Waals surface area (Å²) >= 11 is 0. The number of oxime groups is 1. The molecule has 1 aromatic rings.